The van der Waals surface area contributed by atoms with Crippen molar-refractivity contribution < 1.29 is 13.2 Å². The van der Waals surface area contributed by atoms with E-state index in [-0.39, 0.29) is 0 Å². The van der Waals surface area contributed by atoms with Gasteiger partial charge in [0, 0.05) is 11.8 Å². The molecule has 1 aromatic carbocycles. The molecule has 0 aliphatic rings. The van der Waals surface area contributed by atoms with Gasteiger partial charge in [-0.2, -0.15) is 13.2 Å². The third-order valence-electron chi connectivity index (χ3n) is 4.02. The molecule has 0 amide bonds. The third-order valence-corrected chi connectivity index (χ3v) is 5.07. The van der Waals surface area contributed by atoms with Gasteiger partial charge in [-0.25, -0.2) is 4.98 Å². The number of pyridine rings is 1. The zero-order valence-electron chi connectivity index (χ0n) is 15.3. The number of alkyl halides is 3. The lowest BCUT2D eigenvalue weighted by molar-refractivity contribution is -0.137. The van der Waals surface area contributed by atoms with Gasteiger partial charge >= 0.3 is 6.18 Å². The van der Waals surface area contributed by atoms with Gasteiger partial charge in [-0.15, -0.1) is 22.0 Å². The van der Waals surface area contributed by atoms with E-state index in [1.54, 1.807) is 18.3 Å². The lowest BCUT2D eigenvalue weighted by atomic mass is 10.1. The van der Waals surface area contributed by atoms with Crippen LogP contribution < -0.4 is 0 Å². The topological polar surface area (TPSA) is 51.6 Å². The maximum atomic E-state index is 12.8. The van der Waals surface area contributed by atoms with Crippen molar-refractivity contribution in [3.05, 3.63) is 54.2 Å². The SMILES string of the molecule is CCCCCSc1nc(-c2ccccn2)nnc1-c1ccc(C(F)(F)F)cc1. The summed E-state index contributed by atoms with van der Waals surface area (Å²) in [5.74, 6) is 1.25. The molecule has 0 N–H and O–H groups in total. The van der Waals surface area contributed by atoms with Crippen molar-refractivity contribution >= 4 is 11.8 Å². The number of nitrogens with zero attached hydrogens (tertiary/aromatic N) is 4. The van der Waals surface area contributed by atoms with Crippen LogP contribution in [0, 0.1) is 0 Å². The molecule has 3 aromatic rings. The summed E-state index contributed by atoms with van der Waals surface area (Å²) in [6.45, 7) is 2.13. The van der Waals surface area contributed by atoms with Gasteiger partial charge in [-0.3, -0.25) is 4.98 Å². The summed E-state index contributed by atoms with van der Waals surface area (Å²) < 4.78 is 38.5. The highest BCUT2D eigenvalue weighted by Crippen LogP contribution is 2.33. The van der Waals surface area contributed by atoms with Crippen LogP contribution in [0.25, 0.3) is 22.8 Å². The monoisotopic (exact) mass is 404 g/mol. The molecule has 2 aromatic heterocycles. The van der Waals surface area contributed by atoms with Crippen LogP contribution in [0.5, 0.6) is 0 Å². The van der Waals surface area contributed by atoms with Crippen LogP contribution in [0.2, 0.25) is 0 Å². The van der Waals surface area contributed by atoms with Gasteiger partial charge in [0.15, 0.2) is 0 Å². The van der Waals surface area contributed by atoms with E-state index in [0.717, 1.165) is 37.1 Å². The van der Waals surface area contributed by atoms with Crippen molar-refractivity contribution in [3.63, 3.8) is 0 Å². The lowest BCUT2D eigenvalue weighted by Gasteiger charge is -2.10. The Balaban J connectivity index is 1.94. The smallest absolute Gasteiger partial charge is 0.253 e. The fourth-order valence-electron chi connectivity index (χ4n) is 2.53. The second-order valence-electron chi connectivity index (χ2n) is 6.13. The summed E-state index contributed by atoms with van der Waals surface area (Å²) in [6, 6.07) is 10.3. The van der Waals surface area contributed by atoms with Gasteiger partial charge in [0.25, 0.3) is 0 Å². The van der Waals surface area contributed by atoms with Gasteiger partial charge in [-0.1, -0.05) is 38.0 Å². The van der Waals surface area contributed by atoms with Gasteiger partial charge in [0.2, 0.25) is 5.82 Å². The molecular weight excluding hydrogens is 385 g/mol. The van der Waals surface area contributed by atoms with Crippen molar-refractivity contribution in [2.24, 2.45) is 0 Å². The first-order chi connectivity index (χ1) is 13.5. The van der Waals surface area contributed by atoms with E-state index in [1.165, 1.54) is 23.9 Å². The Bertz CT molecular complexity index is 900. The molecule has 3 rings (SSSR count). The van der Waals surface area contributed by atoms with Crippen molar-refractivity contribution in [1.29, 1.82) is 0 Å². The molecular formula is C20H19F3N4S. The fraction of sp³-hybridized carbons (Fsp3) is 0.300. The summed E-state index contributed by atoms with van der Waals surface area (Å²) >= 11 is 1.54. The summed E-state index contributed by atoms with van der Waals surface area (Å²) in [7, 11) is 0. The van der Waals surface area contributed by atoms with Crippen molar-refractivity contribution in [1.82, 2.24) is 20.2 Å². The number of benzene rings is 1. The minimum absolute atomic E-state index is 0.397. The Morgan fingerprint density at radius 1 is 0.964 bits per heavy atom. The zero-order chi connectivity index (χ0) is 20.0. The number of thioether (sulfide) groups is 1. The standard InChI is InChI=1S/C20H19F3N4S/c1-2-3-6-13-28-19-17(14-8-10-15(11-9-14)20(21,22)23)26-27-18(25-19)16-7-4-5-12-24-16/h4-5,7-12H,2-3,6,13H2,1H3. The minimum atomic E-state index is -4.37. The van der Waals surface area contributed by atoms with Crippen LogP contribution >= 0.6 is 11.8 Å². The maximum absolute atomic E-state index is 12.8. The van der Waals surface area contributed by atoms with Gasteiger partial charge in [-0.05, 0) is 36.4 Å². The summed E-state index contributed by atoms with van der Waals surface area (Å²) in [5, 5.41) is 9.05. The fourth-order valence-corrected chi connectivity index (χ4v) is 3.52. The number of aromatic nitrogens is 4. The number of halogens is 3. The van der Waals surface area contributed by atoms with E-state index in [1.807, 2.05) is 6.07 Å². The summed E-state index contributed by atoms with van der Waals surface area (Å²) in [4.78, 5) is 8.83. The third kappa shape index (κ3) is 5.07. The first-order valence-electron chi connectivity index (χ1n) is 8.95. The Kier molecular flexibility index (Phi) is 6.61. The first kappa shape index (κ1) is 20.3. The molecule has 0 atom stereocenters. The summed E-state index contributed by atoms with van der Waals surface area (Å²) in [6.07, 6.45) is 0.512. The van der Waals surface area contributed by atoms with Crippen LogP contribution in [0.3, 0.4) is 0 Å². The zero-order valence-corrected chi connectivity index (χ0v) is 16.1. The Morgan fingerprint density at radius 3 is 2.39 bits per heavy atom. The second-order valence-corrected chi connectivity index (χ2v) is 7.22. The average molecular weight is 404 g/mol. The molecule has 8 heteroatoms. The van der Waals surface area contributed by atoms with E-state index in [0.29, 0.717) is 27.8 Å². The van der Waals surface area contributed by atoms with E-state index in [4.69, 9.17) is 0 Å². The highest BCUT2D eigenvalue weighted by molar-refractivity contribution is 7.99. The number of hydrogen-bond acceptors (Lipinski definition) is 5. The Hall–Kier alpha value is -2.48. The minimum Gasteiger partial charge on any atom is -0.253 e. The molecule has 4 nitrogen and oxygen atoms in total. The molecule has 0 bridgehead atoms. The predicted molar refractivity (Wildman–Crippen MR) is 104 cm³/mol. The highest BCUT2D eigenvalue weighted by Gasteiger charge is 2.30. The van der Waals surface area contributed by atoms with Gasteiger partial charge in [0.1, 0.15) is 16.4 Å². The molecule has 0 aliphatic carbocycles. The quantitative estimate of drug-likeness (QED) is 0.362. The van der Waals surface area contributed by atoms with Crippen molar-refractivity contribution in [2.45, 2.75) is 37.4 Å². The molecule has 0 saturated carbocycles. The largest absolute Gasteiger partial charge is 0.416 e. The second kappa shape index (κ2) is 9.14. The normalized spacial score (nSPS) is 11.6. The average Bonchev–Trinajstić information content (AvgIpc) is 2.71. The molecule has 0 radical (unpaired) electrons. The number of rotatable bonds is 7. The first-order valence-corrected chi connectivity index (χ1v) is 9.94. The Labute approximate surface area is 165 Å². The predicted octanol–water partition coefficient (Wildman–Crippen LogP) is 5.90. The molecule has 0 unspecified atom stereocenters. The Morgan fingerprint density at radius 2 is 1.75 bits per heavy atom. The van der Waals surface area contributed by atoms with Crippen molar-refractivity contribution in [2.75, 3.05) is 5.75 Å². The van der Waals surface area contributed by atoms with E-state index in [9.17, 15) is 13.2 Å². The van der Waals surface area contributed by atoms with Crippen LogP contribution in [0.1, 0.15) is 31.7 Å². The van der Waals surface area contributed by atoms with Crippen LogP contribution in [-0.2, 0) is 6.18 Å². The van der Waals surface area contributed by atoms with E-state index < -0.39 is 11.7 Å². The molecule has 0 saturated heterocycles. The van der Waals surface area contributed by atoms with Crippen molar-refractivity contribution in [3.8, 4) is 22.8 Å². The molecule has 0 fully saturated rings. The van der Waals surface area contributed by atoms with Gasteiger partial charge < -0.3 is 0 Å². The summed E-state index contributed by atoms with van der Waals surface area (Å²) in [5.41, 5.74) is 0.942. The van der Waals surface area contributed by atoms with E-state index in [2.05, 4.69) is 27.1 Å². The number of hydrogen-bond donors (Lipinski definition) is 0. The highest BCUT2D eigenvalue weighted by atomic mass is 32.2. The van der Waals surface area contributed by atoms with Crippen LogP contribution in [-0.4, -0.2) is 25.9 Å². The molecule has 0 aliphatic heterocycles. The lowest BCUT2D eigenvalue weighted by Crippen LogP contribution is -2.05. The van der Waals surface area contributed by atoms with Crippen LogP contribution in [0.4, 0.5) is 13.2 Å². The number of unbranched alkanes of at least 4 members (excludes halogenated alkanes) is 2. The van der Waals surface area contributed by atoms with Crippen LogP contribution in [0.15, 0.2) is 53.7 Å². The molecule has 28 heavy (non-hydrogen) atoms. The van der Waals surface area contributed by atoms with E-state index >= 15 is 0 Å². The molecule has 146 valence electrons. The molecule has 2 heterocycles. The van der Waals surface area contributed by atoms with Gasteiger partial charge in [0.05, 0.1) is 5.56 Å². The molecule has 0 spiro atoms. The maximum Gasteiger partial charge on any atom is 0.416 e.